The molecule has 0 amide bonds. The van der Waals surface area contributed by atoms with Crippen LogP contribution < -0.4 is 19.5 Å². The first-order valence-corrected chi connectivity index (χ1v) is 9.75. The molecule has 6 heteroatoms. The van der Waals surface area contributed by atoms with Gasteiger partial charge in [-0.3, -0.25) is 0 Å². The summed E-state index contributed by atoms with van der Waals surface area (Å²) in [5.41, 5.74) is 4.27. The third kappa shape index (κ3) is 3.89. The predicted molar refractivity (Wildman–Crippen MR) is 119 cm³/mol. The van der Waals surface area contributed by atoms with Crippen molar-refractivity contribution in [1.82, 2.24) is 9.55 Å². The fourth-order valence-electron chi connectivity index (χ4n) is 3.56. The van der Waals surface area contributed by atoms with Gasteiger partial charge in [0.2, 0.25) is 11.7 Å². The average Bonchev–Trinajstić information content (AvgIpc) is 3.14. The summed E-state index contributed by atoms with van der Waals surface area (Å²) in [4.78, 5) is 4.81. The number of aromatic nitrogens is 2. The largest absolute Gasteiger partial charge is 0.493 e. The summed E-state index contributed by atoms with van der Waals surface area (Å²) in [5.74, 6) is 2.66. The Bertz CT molecular complexity index is 1110. The first kappa shape index (κ1) is 19.6. The van der Waals surface area contributed by atoms with Gasteiger partial charge in [-0.2, -0.15) is 0 Å². The highest BCUT2D eigenvalue weighted by molar-refractivity contribution is 5.78. The highest BCUT2D eigenvalue weighted by atomic mass is 16.5. The molecule has 0 bridgehead atoms. The number of ether oxygens (including phenoxy) is 3. The molecule has 0 saturated heterocycles. The normalized spacial score (nSPS) is 10.8. The summed E-state index contributed by atoms with van der Waals surface area (Å²) >= 11 is 0. The zero-order valence-corrected chi connectivity index (χ0v) is 17.4. The van der Waals surface area contributed by atoms with Crippen LogP contribution in [0, 0.1) is 0 Å². The minimum Gasteiger partial charge on any atom is -0.493 e. The second-order valence-electron chi connectivity index (χ2n) is 6.88. The van der Waals surface area contributed by atoms with Crippen molar-refractivity contribution >= 4 is 17.0 Å². The second-order valence-corrected chi connectivity index (χ2v) is 6.88. The van der Waals surface area contributed by atoms with Gasteiger partial charge in [-0.25, -0.2) is 4.98 Å². The Morgan fingerprint density at radius 1 is 0.800 bits per heavy atom. The fourth-order valence-corrected chi connectivity index (χ4v) is 3.56. The monoisotopic (exact) mass is 403 g/mol. The predicted octanol–water partition coefficient (Wildman–Crippen LogP) is 4.72. The van der Waals surface area contributed by atoms with E-state index in [0.29, 0.717) is 23.8 Å². The summed E-state index contributed by atoms with van der Waals surface area (Å²) < 4.78 is 18.5. The molecule has 154 valence electrons. The Hall–Kier alpha value is -3.67. The lowest BCUT2D eigenvalue weighted by Crippen LogP contribution is -2.09. The maximum Gasteiger partial charge on any atom is 0.204 e. The standard InChI is InChI=1S/C24H25N3O3/c1-28-21-13-18(14-22(29-2)23(21)30-3)15-25-24-26-19-11-7-8-12-20(19)27(24)16-17-9-5-4-6-10-17/h4-14H,15-16H2,1-3H3,(H,25,26). The third-order valence-electron chi connectivity index (χ3n) is 5.01. The van der Waals surface area contributed by atoms with Crippen molar-refractivity contribution in [3.63, 3.8) is 0 Å². The lowest BCUT2D eigenvalue weighted by Gasteiger charge is -2.15. The third-order valence-corrected chi connectivity index (χ3v) is 5.01. The van der Waals surface area contributed by atoms with Gasteiger partial charge in [-0.1, -0.05) is 42.5 Å². The fraction of sp³-hybridized carbons (Fsp3) is 0.208. The lowest BCUT2D eigenvalue weighted by atomic mass is 10.2. The number of methoxy groups -OCH3 is 3. The minimum atomic E-state index is 0.564. The van der Waals surface area contributed by atoms with Gasteiger partial charge in [0.25, 0.3) is 0 Å². The van der Waals surface area contributed by atoms with Gasteiger partial charge in [-0.05, 0) is 35.4 Å². The van der Waals surface area contributed by atoms with Crippen LogP contribution in [-0.4, -0.2) is 30.9 Å². The van der Waals surface area contributed by atoms with E-state index in [2.05, 4.69) is 40.2 Å². The molecule has 30 heavy (non-hydrogen) atoms. The van der Waals surface area contributed by atoms with E-state index in [1.807, 2.05) is 36.4 Å². The molecule has 0 fully saturated rings. The molecule has 1 aromatic heterocycles. The minimum absolute atomic E-state index is 0.564. The van der Waals surface area contributed by atoms with Crippen molar-refractivity contribution in [1.29, 1.82) is 0 Å². The molecule has 0 radical (unpaired) electrons. The van der Waals surface area contributed by atoms with Crippen LogP contribution in [0.15, 0.2) is 66.7 Å². The maximum atomic E-state index is 5.47. The first-order chi connectivity index (χ1) is 14.7. The van der Waals surface area contributed by atoms with Gasteiger partial charge in [0.1, 0.15) is 0 Å². The molecule has 3 aromatic carbocycles. The van der Waals surface area contributed by atoms with Crippen LogP contribution in [0.1, 0.15) is 11.1 Å². The molecular formula is C24H25N3O3. The molecule has 1 N–H and O–H groups in total. The molecule has 4 rings (SSSR count). The van der Waals surface area contributed by atoms with Crippen molar-refractivity contribution in [3.05, 3.63) is 77.9 Å². The quantitative estimate of drug-likeness (QED) is 0.461. The second kappa shape index (κ2) is 8.78. The molecule has 0 spiro atoms. The van der Waals surface area contributed by atoms with E-state index in [1.54, 1.807) is 21.3 Å². The van der Waals surface area contributed by atoms with E-state index >= 15 is 0 Å². The van der Waals surface area contributed by atoms with Crippen molar-refractivity contribution in [2.24, 2.45) is 0 Å². The molecule has 0 saturated carbocycles. The van der Waals surface area contributed by atoms with E-state index < -0.39 is 0 Å². The van der Waals surface area contributed by atoms with Crippen LogP contribution in [0.5, 0.6) is 17.2 Å². The van der Waals surface area contributed by atoms with Crippen molar-refractivity contribution < 1.29 is 14.2 Å². The van der Waals surface area contributed by atoms with Gasteiger partial charge in [0.05, 0.1) is 38.9 Å². The van der Waals surface area contributed by atoms with E-state index in [0.717, 1.165) is 29.1 Å². The molecule has 0 atom stereocenters. The van der Waals surface area contributed by atoms with E-state index in [9.17, 15) is 0 Å². The molecule has 0 unspecified atom stereocenters. The first-order valence-electron chi connectivity index (χ1n) is 9.75. The van der Waals surface area contributed by atoms with E-state index in [4.69, 9.17) is 19.2 Å². The number of hydrogen-bond donors (Lipinski definition) is 1. The number of fused-ring (bicyclic) bond motifs is 1. The summed E-state index contributed by atoms with van der Waals surface area (Å²) in [6, 6.07) is 22.4. The number of nitrogens with zero attached hydrogens (tertiary/aromatic N) is 2. The van der Waals surface area contributed by atoms with Gasteiger partial charge in [0, 0.05) is 6.54 Å². The van der Waals surface area contributed by atoms with Gasteiger partial charge in [-0.15, -0.1) is 0 Å². The van der Waals surface area contributed by atoms with Crippen LogP contribution in [0.3, 0.4) is 0 Å². The van der Waals surface area contributed by atoms with Gasteiger partial charge in [0.15, 0.2) is 11.5 Å². The van der Waals surface area contributed by atoms with Crippen LogP contribution in [0.4, 0.5) is 5.95 Å². The lowest BCUT2D eigenvalue weighted by molar-refractivity contribution is 0.324. The summed E-state index contributed by atoms with van der Waals surface area (Å²) in [5, 5.41) is 3.48. The maximum absolute atomic E-state index is 5.47. The smallest absolute Gasteiger partial charge is 0.204 e. The number of hydrogen-bond acceptors (Lipinski definition) is 5. The number of imidazole rings is 1. The molecule has 6 nitrogen and oxygen atoms in total. The molecule has 0 aliphatic carbocycles. The molecular weight excluding hydrogens is 378 g/mol. The Balaban J connectivity index is 1.65. The topological polar surface area (TPSA) is 57.5 Å². The summed E-state index contributed by atoms with van der Waals surface area (Å²) in [6.07, 6.45) is 0. The van der Waals surface area contributed by atoms with Crippen LogP contribution in [0.25, 0.3) is 11.0 Å². The SMILES string of the molecule is COc1cc(CNc2nc3ccccc3n2Cc2ccccc2)cc(OC)c1OC. The van der Waals surface area contributed by atoms with Crippen molar-refractivity contribution in [2.45, 2.75) is 13.1 Å². The van der Waals surface area contributed by atoms with E-state index in [1.165, 1.54) is 5.56 Å². The Kier molecular flexibility index (Phi) is 5.75. The highest BCUT2D eigenvalue weighted by Crippen LogP contribution is 2.38. The number of rotatable bonds is 8. The number of benzene rings is 3. The molecule has 1 heterocycles. The zero-order chi connectivity index (χ0) is 20.9. The van der Waals surface area contributed by atoms with Gasteiger partial charge >= 0.3 is 0 Å². The van der Waals surface area contributed by atoms with Crippen LogP contribution >= 0.6 is 0 Å². The Morgan fingerprint density at radius 3 is 2.13 bits per heavy atom. The Morgan fingerprint density at radius 2 is 1.47 bits per heavy atom. The van der Waals surface area contributed by atoms with Gasteiger partial charge < -0.3 is 24.1 Å². The van der Waals surface area contributed by atoms with Crippen molar-refractivity contribution in [2.75, 3.05) is 26.6 Å². The number of para-hydroxylation sites is 2. The molecule has 4 aromatic rings. The Labute approximate surface area is 176 Å². The zero-order valence-electron chi connectivity index (χ0n) is 17.4. The van der Waals surface area contributed by atoms with Crippen LogP contribution in [0.2, 0.25) is 0 Å². The number of anilines is 1. The molecule has 0 aliphatic rings. The number of nitrogens with one attached hydrogen (secondary N) is 1. The summed E-state index contributed by atoms with van der Waals surface area (Å²) in [7, 11) is 4.84. The average molecular weight is 403 g/mol. The van der Waals surface area contributed by atoms with Crippen molar-refractivity contribution in [3.8, 4) is 17.2 Å². The summed E-state index contributed by atoms with van der Waals surface area (Å²) in [6.45, 7) is 1.30. The highest BCUT2D eigenvalue weighted by Gasteiger charge is 2.15. The van der Waals surface area contributed by atoms with E-state index in [-0.39, 0.29) is 0 Å². The molecule has 0 aliphatic heterocycles. The van der Waals surface area contributed by atoms with Crippen LogP contribution in [-0.2, 0) is 13.1 Å².